The van der Waals surface area contributed by atoms with Crippen LogP contribution in [0.25, 0.3) is 0 Å². The normalized spacial score (nSPS) is 11.0. The summed E-state index contributed by atoms with van der Waals surface area (Å²) >= 11 is 0. The number of benzene rings is 2. The fraction of sp³-hybridized carbons (Fsp3) is 0.333. The minimum Gasteiger partial charge on any atom is -0.507 e. The first-order valence-electron chi connectivity index (χ1n) is 8.46. The van der Waals surface area contributed by atoms with E-state index in [2.05, 4.69) is 30.4 Å². The van der Waals surface area contributed by atoms with Crippen LogP contribution in [-0.2, 0) is 11.3 Å². The minimum absolute atomic E-state index is 0. The summed E-state index contributed by atoms with van der Waals surface area (Å²) in [6, 6.07) is 14.2. The first-order valence-corrected chi connectivity index (χ1v) is 8.46. The Balaban J connectivity index is 0.00000364. The van der Waals surface area contributed by atoms with Crippen LogP contribution in [0.1, 0.15) is 47.1 Å². The first-order chi connectivity index (χ1) is 12.2. The van der Waals surface area contributed by atoms with Gasteiger partial charge < -0.3 is 9.84 Å². The van der Waals surface area contributed by atoms with Crippen LogP contribution in [0.4, 0.5) is 0 Å². The van der Waals surface area contributed by atoms with E-state index in [9.17, 15) is 14.7 Å². The molecular formula is C21H26ClNO4. The third-order valence-corrected chi connectivity index (χ3v) is 4.22. The monoisotopic (exact) mass is 391 g/mol. The zero-order valence-electron chi connectivity index (χ0n) is 16.1. The lowest BCUT2D eigenvalue weighted by Crippen LogP contribution is -2.43. The number of ether oxygens (including phenoxy) is 1. The minimum atomic E-state index is -0.672. The van der Waals surface area contributed by atoms with E-state index in [1.54, 1.807) is 0 Å². The number of methoxy groups -OCH3 is 1. The Morgan fingerprint density at radius 2 is 1.70 bits per heavy atom. The average molecular weight is 392 g/mol. The molecule has 146 valence electrons. The highest BCUT2D eigenvalue weighted by Crippen LogP contribution is 2.22. The Labute approximate surface area is 166 Å². The molecule has 2 rings (SSSR count). The number of phenolic OH excluding ortho intramolecular Hbond substituents is 1. The summed E-state index contributed by atoms with van der Waals surface area (Å²) < 4.78 is 4.65. The molecule has 0 aliphatic heterocycles. The summed E-state index contributed by atoms with van der Waals surface area (Å²) in [5.41, 5.74) is 1.26. The quantitative estimate of drug-likeness (QED) is 0.593. The molecule has 1 N–H and O–H groups in total. The molecule has 0 radical (unpaired) electrons. The van der Waals surface area contributed by atoms with Crippen molar-refractivity contribution >= 4 is 24.2 Å². The van der Waals surface area contributed by atoms with E-state index in [0.29, 0.717) is 12.1 Å². The van der Waals surface area contributed by atoms with Crippen LogP contribution in [0.3, 0.4) is 0 Å². The molecule has 0 spiro atoms. The highest BCUT2D eigenvalue weighted by atomic mass is 35.5. The van der Waals surface area contributed by atoms with E-state index in [4.69, 9.17) is 0 Å². The fourth-order valence-corrected chi connectivity index (χ4v) is 2.58. The molecular weight excluding hydrogens is 366 g/mol. The zero-order valence-corrected chi connectivity index (χ0v) is 16.9. The Bertz CT molecular complexity index is 785. The third-order valence-electron chi connectivity index (χ3n) is 4.22. The molecule has 0 bridgehead atoms. The van der Waals surface area contributed by atoms with E-state index < -0.39 is 5.97 Å². The molecule has 0 fully saturated rings. The van der Waals surface area contributed by atoms with Gasteiger partial charge in [0, 0.05) is 17.6 Å². The summed E-state index contributed by atoms with van der Waals surface area (Å²) in [6.45, 7) is 7.00. The standard InChI is InChI=1S/C21H25NO4.ClH/c1-21(2,3)22(13-15-8-6-5-7-9-15)14-19(24)16-10-11-18(23)17(12-16)20(25)26-4;/h5-12,23H,13-14H2,1-4H3;1H. The molecule has 0 aromatic heterocycles. The second-order valence-electron chi connectivity index (χ2n) is 7.16. The van der Waals surface area contributed by atoms with Crippen LogP contribution in [0.2, 0.25) is 0 Å². The van der Waals surface area contributed by atoms with Crippen molar-refractivity contribution in [2.75, 3.05) is 13.7 Å². The van der Waals surface area contributed by atoms with Gasteiger partial charge in [0.25, 0.3) is 0 Å². The maximum Gasteiger partial charge on any atom is 0.341 e. The number of esters is 1. The van der Waals surface area contributed by atoms with Crippen molar-refractivity contribution in [3.63, 3.8) is 0 Å². The van der Waals surface area contributed by atoms with Gasteiger partial charge in [0.05, 0.1) is 13.7 Å². The largest absolute Gasteiger partial charge is 0.507 e. The van der Waals surface area contributed by atoms with Crippen molar-refractivity contribution in [1.82, 2.24) is 4.90 Å². The van der Waals surface area contributed by atoms with Gasteiger partial charge >= 0.3 is 5.97 Å². The first kappa shape index (κ1) is 22.7. The molecule has 5 nitrogen and oxygen atoms in total. The van der Waals surface area contributed by atoms with Gasteiger partial charge in [-0.2, -0.15) is 0 Å². The van der Waals surface area contributed by atoms with Gasteiger partial charge in [-0.05, 0) is 44.5 Å². The summed E-state index contributed by atoms with van der Waals surface area (Å²) in [7, 11) is 1.23. The van der Waals surface area contributed by atoms with Gasteiger partial charge in [0.15, 0.2) is 5.78 Å². The molecule has 0 saturated carbocycles. The number of halogens is 1. The van der Waals surface area contributed by atoms with Crippen molar-refractivity contribution in [2.45, 2.75) is 32.9 Å². The number of hydrogen-bond acceptors (Lipinski definition) is 5. The van der Waals surface area contributed by atoms with Gasteiger partial charge in [-0.25, -0.2) is 4.79 Å². The van der Waals surface area contributed by atoms with Crippen LogP contribution in [0.5, 0.6) is 5.75 Å². The maximum absolute atomic E-state index is 12.8. The Kier molecular flexibility index (Phi) is 8.00. The Hall–Kier alpha value is -2.37. The molecule has 0 saturated heterocycles. The predicted octanol–water partition coefficient (Wildman–Crippen LogP) is 4.08. The molecule has 0 amide bonds. The van der Waals surface area contributed by atoms with Crippen LogP contribution >= 0.6 is 12.4 Å². The fourth-order valence-electron chi connectivity index (χ4n) is 2.58. The van der Waals surface area contributed by atoms with Gasteiger partial charge in [0.2, 0.25) is 0 Å². The van der Waals surface area contributed by atoms with Crippen LogP contribution < -0.4 is 0 Å². The molecule has 0 unspecified atom stereocenters. The van der Waals surface area contributed by atoms with E-state index in [1.807, 2.05) is 30.3 Å². The Morgan fingerprint density at radius 3 is 2.26 bits per heavy atom. The molecule has 0 aliphatic carbocycles. The molecule has 0 heterocycles. The maximum atomic E-state index is 12.8. The predicted molar refractivity (Wildman–Crippen MR) is 108 cm³/mol. The second kappa shape index (κ2) is 9.53. The summed E-state index contributed by atoms with van der Waals surface area (Å²) in [4.78, 5) is 26.6. The number of Topliss-reactive ketones (excluding diaryl/α,β-unsaturated/α-hetero) is 1. The van der Waals surface area contributed by atoms with Crippen molar-refractivity contribution in [3.05, 3.63) is 65.2 Å². The highest BCUT2D eigenvalue weighted by Gasteiger charge is 2.25. The third kappa shape index (κ3) is 6.08. The van der Waals surface area contributed by atoms with Crippen molar-refractivity contribution in [1.29, 1.82) is 0 Å². The van der Waals surface area contributed by atoms with Gasteiger partial charge in [-0.15, -0.1) is 12.4 Å². The van der Waals surface area contributed by atoms with Gasteiger partial charge in [0.1, 0.15) is 11.3 Å². The number of ketones is 1. The lowest BCUT2D eigenvalue weighted by Gasteiger charge is -2.35. The number of rotatable bonds is 6. The SMILES string of the molecule is COC(=O)c1cc(C(=O)CN(Cc2ccccc2)C(C)(C)C)ccc1O.Cl. The van der Waals surface area contributed by atoms with E-state index >= 15 is 0 Å². The number of carbonyl (C=O) groups is 2. The Morgan fingerprint density at radius 1 is 1.07 bits per heavy atom. The average Bonchev–Trinajstić information content (AvgIpc) is 2.61. The lowest BCUT2D eigenvalue weighted by molar-refractivity contribution is 0.0597. The number of hydrogen-bond donors (Lipinski definition) is 1. The van der Waals surface area contributed by atoms with E-state index in [1.165, 1.54) is 25.3 Å². The number of nitrogens with zero attached hydrogens (tertiary/aromatic N) is 1. The molecule has 2 aromatic carbocycles. The molecule has 2 aromatic rings. The molecule has 0 aliphatic rings. The highest BCUT2D eigenvalue weighted by molar-refractivity contribution is 6.01. The van der Waals surface area contributed by atoms with Crippen molar-refractivity contribution < 1.29 is 19.4 Å². The van der Waals surface area contributed by atoms with Gasteiger partial charge in [-0.3, -0.25) is 9.69 Å². The summed E-state index contributed by atoms with van der Waals surface area (Å²) in [5, 5.41) is 9.80. The molecule has 0 atom stereocenters. The summed E-state index contributed by atoms with van der Waals surface area (Å²) in [6.07, 6.45) is 0. The second-order valence-corrected chi connectivity index (χ2v) is 7.16. The van der Waals surface area contributed by atoms with E-state index in [0.717, 1.165) is 5.56 Å². The molecule has 27 heavy (non-hydrogen) atoms. The summed E-state index contributed by atoms with van der Waals surface area (Å²) in [5.74, 6) is -1.000. The van der Waals surface area contributed by atoms with Crippen molar-refractivity contribution in [2.24, 2.45) is 0 Å². The van der Waals surface area contributed by atoms with Gasteiger partial charge in [-0.1, -0.05) is 30.3 Å². The van der Waals surface area contributed by atoms with Crippen LogP contribution in [0, 0.1) is 0 Å². The van der Waals surface area contributed by atoms with Crippen LogP contribution in [-0.4, -0.2) is 41.0 Å². The zero-order chi connectivity index (χ0) is 19.3. The molecule has 6 heteroatoms. The smallest absolute Gasteiger partial charge is 0.341 e. The number of carbonyl (C=O) groups excluding carboxylic acids is 2. The van der Waals surface area contributed by atoms with Crippen molar-refractivity contribution in [3.8, 4) is 5.75 Å². The van der Waals surface area contributed by atoms with Crippen LogP contribution in [0.15, 0.2) is 48.5 Å². The number of phenols is 1. The van der Waals surface area contributed by atoms with E-state index in [-0.39, 0.29) is 41.6 Å². The number of aromatic hydroxyl groups is 1. The lowest BCUT2D eigenvalue weighted by atomic mass is 10.0. The topological polar surface area (TPSA) is 66.8 Å².